The first-order valence-corrected chi connectivity index (χ1v) is 24.7. The highest BCUT2D eigenvalue weighted by Crippen LogP contribution is 2.19. The van der Waals surface area contributed by atoms with E-state index in [1.165, 1.54) is 13.8 Å². The van der Waals surface area contributed by atoms with E-state index in [9.17, 15) is 63.3 Å². The number of nitrogens with two attached hydrogens (primary N) is 5. The average Bonchev–Trinajstić information content (AvgIpc) is 3.76. The van der Waals surface area contributed by atoms with Crippen LogP contribution in [-0.2, 0) is 54.4 Å². The second-order valence-electron chi connectivity index (χ2n) is 17.2. The highest BCUT2D eigenvalue weighted by Gasteiger charge is 2.35. The molecule has 416 valence electrons. The summed E-state index contributed by atoms with van der Waals surface area (Å²) in [4.78, 5) is 142. The number of nitrogens with one attached hydrogen (secondary N) is 9. The van der Waals surface area contributed by atoms with Gasteiger partial charge in [-0.05, 0) is 64.5 Å². The number of aromatic amines is 1. The summed E-state index contributed by atoms with van der Waals surface area (Å²) in [5, 5.41) is 49.6. The van der Waals surface area contributed by atoms with Crippen LogP contribution in [0, 0.1) is 0 Å². The number of rotatable bonds is 33. The number of aliphatic hydroxyl groups is 1. The smallest absolute Gasteiger partial charge is 0.327 e. The van der Waals surface area contributed by atoms with Crippen LogP contribution in [0.25, 0.3) is 10.9 Å². The van der Waals surface area contributed by atoms with E-state index in [0.717, 1.165) is 6.92 Å². The van der Waals surface area contributed by atoms with Crippen molar-refractivity contribution in [2.75, 3.05) is 24.6 Å². The molecular formula is C44H70N16O13S2. The number of H-pyrrole nitrogens is 1. The number of guanidine groups is 2. The minimum Gasteiger partial charge on any atom is -0.481 e. The molecule has 0 bridgehead atoms. The zero-order chi connectivity index (χ0) is 56.5. The number of benzene rings is 1. The molecule has 2 aromatic rings. The van der Waals surface area contributed by atoms with Crippen LogP contribution in [0.4, 0.5) is 0 Å². The summed E-state index contributed by atoms with van der Waals surface area (Å²) < 4.78 is 0. The standard InChI is InChI=1S/C44H70N16O13S2/c1-20(35(65)59-31(19-75)42(72)73)53-40(70)30(16-23-17-52-26-9-5-4-8-24(23)26)58-34(64)21(2)54-41(71)33(22(3)61)60-39(69)29(12-13-32(62)63)57-38(68)28(11-7-15-51-44(48)49)56-37(67)27(10-6-14-50-43(46)47)55-36(66)25(45)18-74/h4-5,8-9,17,20-22,25,27-31,33,52,61,74-75H,6-7,10-16,18-19,45H2,1-3H3,(H,53,70)(H,54,71)(H,55,66)(H,56,67)(H,57,68)(H,58,64)(H,59,65)(H,60,69)(H,62,63)(H,72,73)(H4,46,47,50)(H4,48,49,51)/t20-,21-,22+,25-,27-,28-,29-,30-,31-,33-/m0/s1. The number of carboxylic acid groups (broad SMARTS) is 2. The van der Waals surface area contributed by atoms with E-state index in [4.69, 9.17) is 28.7 Å². The van der Waals surface area contributed by atoms with E-state index in [0.29, 0.717) is 16.5 Å². The number of hydrogen-bond acceptors (Lipinski definition) is 16. The molecule has 0 saturated carbocycles. The predicted molar refractivity (Wildman–Crippen MR) is 280 cm³/mol. The second kappa shape index (κ2) is 32.0. The number of carboxylic acids is 2. The van der Waals surface area contributed by atoms with E-state index >= 15 is 0 Å². The van der Waals surface area contributed by atoms with E-state index in [-0.39, 0.29) is 68.6 Å². The van der Waals surface area contributed by atoms with Gasteiger partial charge in [0.1, 0.15) is 48.3 Å². The van der Waals surface area contributed by atoms with Crippen LogP contribution in [0.2, 0.25) is 0 Å². The fourth-order valence-electron chi connectivity index (χ4n) is 6.90. The van der Waals surface area contributed by atoms with Crippen molar-refractivity contribution in [3.8, 4) is 0 Å². The summed E-state index contributed by atoms with van der Waals surface area (Å²) in [7, 11) is 0. The maximum absolute atomic E-state index is 14.0. The predicted octanol–water partition coefficient (Wildman–Crippen LogP) is -5.75. The van der Waals surface area contributed by atoms with Crippen molar-refractivity contribution < 1.29 is 63.3 Å². The molecule has 0 fully saturated rings. The SMILES string of the molecule is C[C@H](NC(=O)[C@H](Cc1c[nH]c2ccccc12)NC(=O)[C@H](C)NC(=O)[C@@H](NC(=O)[C@H](CCC(=O)O)NC(=O)[C@H](CCCN=C(N)N)NC(=O)[C@H](CCCN=C(N)N)NC(=O)[C@@H](N)CS)[C@@H](C)O)C(=O)N[C@@H](CS)C(=O)O. The summed E-state index contributed by atoms with van der Waals surface area (Å²) in [5.74, 6) is -11.2. The van der Waals surface area contributed by atoms with Gasteiger partial charge in [0.15, 0.2) is 11.9 Å². The third-order valence-corrected chi connectivity index (χ3v) is 11.8. The van der Waals surface area contributed by atoms with Crippen LogP contribution in [0.15, 0.2) is 40.4 Å². The number of para-hydroxylation sites is 1. The lowest BCUT2D eigenvalue weighted by molar-refractivity contribution is -0.141. The Kier molecular flexibility index (Phi) is 27.2. The maximum atomic E-state index is 14.0. The lowest BCUT2D eigenvalue weighted by Gasteiger charge is -2.28. The zero-order valence-corrected chi connectivity index (χ0v) is 43.3. The molecule has 75 heavy (non-hydrogen) atoms. The number of amides is 8. The first kappa shape index (κ1) is 63.7. The molecule has 10 atom stereocenters. The minimum atomic E-state index is -1.85. The second-order valence-corrected chi connectivity index (χ2v) is 17.9. The van der Waals surface area contributed by atoms with Gasteiger partial charge in [0.05, 0.1) is 12.1 Å². The number of aliphatic carboxylic acids is 2. The largest absolute Gasteiger partial charge is 0.481 e. The van der Waals surface area contributed by atoms with Crippen LogP contribution in [0.5, 0.6) is 0 Å². The third kappa shape index (κ3) is 22.3. The number of fused-ring (bicyclic) bond motifs is 1. The van der Waals surface area contributed by atoms with Crippen molar-refractivity contribution in [3.63, 3.8) is 0 Å². The number of aliphatic hydroxyl groups excluding tert-OH is 1. The summed E-state index contributed by atoms with van der Waals surface area (Å²) in [6.07, 6.45) is -1.47. The number of hydrogen-bond donors (Lipinski definition) is 19. The van der Waals surface area contributed by atoms with Gasteiger partial charge >= 0.3 is 11.9 Å². The first-order chi connectivity index (χ1) is 35.3. The summed E-state index contributed by atoms with van der Waals surface area (Å²) in [5.41, 5.74) is 28.8. The molecule has 8 amide bonds. The van der Waals surface area contributed by atoms with Crippen molar-refractivity contribution in [1.82, 2.24) is 47.5 Å². The van der Waals surface area contributed by atoms with Crippen molar-refractivity contribution in [2.24, 2.45) is 38.7 Å². The van der Waals surface area contributed by atoms with Crippen LogP contribution in [0.3, 0.4) is 0 Å². The van der Waals surface area contributed by atoms with Gasteiger partial charge in [-0.25, -0.2) is 4.79 Å². The van der Waals surface area contributed by atoms with Gasteiger partial charge in [0.2, 0.25) is 47.3 Å². The molecule has 1 heterocycles. The minimum absolute atomic E-state index is 0.0224. The fourth-order valence-corrected chi connectivity index (χ4v) is 7.32. The van der Waals surface area contributed by atoms with E-state index in [2.05, 4.69) is 82.8 Å². The lowest BCUT2D eigenvalue weighted by atomic mass is 10.0. The quantitative estimate of drug-likeness (QED) is 0.0137. The van der Waals surface area contributed by atoms with Gasteiger partial charge in [-0.15, -0.1) is 0 Å². The molecule has 0 spiro atoms. The zero-order valence-electron chi connectivity index (χ0n) is 41.5. The molecule has 0 radical (unpaired) electrons. The van der Waals surface area contributed by atoms with Crippen LogP contribution < -0.4 is 71.2 Å². The molecule has 1 aromatic heterocycles. The molecular weight excluding hydrogens is 1020 g/mol. The van der Waals surface area contributed by atoms with Crippen molar-refractivity contribution in [2.45, 2.75) is 126 Å². The topological polar surface area (TPSA) is 498 Å². The van der Waals surface area contributed by atoms with Crippen molar-refractivity contribution in [3.05, 3.63) is 36.0 Å². The van der Waals surface area contributed by atoms with E-state index < -0.39 is 133 Å². The lowest BCUT2D eigenvalue weighted by Crippen LogP contribution is -2.61. The van der Waals surface area contributed by atoms with Gasteiger partial charge < -0.3 is 91.5 Å². The molecule has 0 aliphatic heterocycles. The Balaban J connectivity index is 2.37. The molecule has 2 rings (SSSR count). The van der Waals surface area contributed by atoms with Gasteiger partial charge in [-0.1, -0.05) is 18.2 Å². The Morgan fingerprint density at radius 2 is 1.04 bits per heavy atom. The van der Waals surface area contributed by atoms with Crippen molar-refractivity contribution in [1.29, 1.82) is 0 Å². The highest BCUT2D eigenvalue weighted by molar-refractivity contribution is 7.80. The number of nitrogens with zero attached hydrogens (tertiary/aromatic N) is 2. The Labute approximate surface area is 442 Å². The van der Waals surface area contributed by atoms with Gasteiger partial charge in [0, 0.05) is 54.5 Å². The van der Waals surface area contributed by atoms with Gasteiger partial charge in [-0.2, -0.15) is 25.3 Å². The number of aromatic nitrogens is 1. The Hall–Kier alpha value is -7.38. The third-order valence-electron chi connectivity index (χ3n) is 11.1. The molecule has 31 heteroatoms. The molecule has 0 unspecified atom stereocenters. The fraction of sp³-hybridized carbons (Fsp3) is 0.545. The Morgan fingerprint density at radius 3 is 1.52 bits per heavy atom. The first-order valence-electron chi connectivity index (χ1n) is 23.5. The Bertz CT molecular complexity index is 2380. The Morgan fingerprint density at radius 1 is 0.587 bits per heavy atom. The van der Waals surface area contributed by atoms with Crippen molar-refractivity contribution >= 4 is 107 Å². The monoisotopic (exact) mass is 1090 g/mol. The molecule has 1 aromatic carbocycles. The summed E-state index contributed by atoms with van der Waals surface area (Å²) >= 11 is 7.94. The number of thiol groups is 2. The van der Waals surface area contributed by atoms with Gasteiger partial charge in [-0.3, -0.25) is 53.1 Å². The number of carbonyl (C=O) groups is 10. The molecule has 29 nitrogen and oxygen atoms in total. The molecule has 0 aliphatic carbocycles. The normalized spacial score (nSPS) is 15.0. The maximum Gasteiger partial charge on any atom is 0.327 e. The van der Waals surface area contributed by atoms with Gasteiger partial charge in [0.25, 0.3) is 0 Å². The summed E-state index contributed by atoms with van der Waals surface area (Å²) in [6.45, 7) is 3.67. The van der Waals surface area contributed by atoms with Crippen LogP contribution >= 0.6 is 25.3 Å². The molecule has 0 aliphatic rings. The molecule has 0 saturated heterocycles. The van der Waals surface area contributed by atoms with E-state index in [1.54, 1.807) is 30.5 Å². The average molecular weight is 1100 g/mol. The van der Waals surface area contributed by atoms with E-state index in [1.807, 2.05) is 0 Å². The van der Waals surface area contributed by atoms with Crippen LogP contribution in [0.1, 0.15) is 64.9 Å². The van der Waals surface area contributed by atoms with Crippen LogP contribution in [-0.4, -0.2) is 176 Å². The number of carbonyl (C=O) groups excluding carboxylic acids is 8. The molecule has 22 N–H and O–H groups in total. The number of aliphatic imine (C=N–C) groups is 2. The highest BCUT2D eigenvalue weighted by atomic mass is 32.1. The summed E-state index contributed by atoms with van der Waals surface area (Å²) in [6, 6.07) is -5.98.